The first-order chi connectivity index (χ1) is 7.74. The monoisotopic (exact) mass is 281 g/mol. The summed E-state index contributed by atoms with van der Waals surface area (Å²) < 4.78 is 1.99. The van der Waals surface area contributed by atoms with Crippen LogP contribution in [0.25, 0.3) is 5.65 Å². The lowest BCUT2D eigenvalue weighted by Crippen LogP contribution is -2.18. The molecule has 0 fully saturated rings. The molecule has 2 heterocycles. The highest BCUT2D eigenvalue weighted by Crippen LogP contribution is 2.16. The summed E-state index contributed by atoms with van der Waals surface area (Å²) >= 11 is 3.27. The first kappa shape index (κ1) is 11.1. The molecule has 2 aromatic rings. The van der Waals surface area contributed by atoms with Crippen LogP contribution in [0.15, 0.2) is 33.7 Å². The summed E-state index contributed by atoms with van der Waals surface area (Å²) in [5.41, 5.74) is 0.554. The third kappa shape index (κ3) is 1.95. The molecule has 0 aromatic carbocycles. The Morgan fingerprint density at radius 3 is 3.06 bits per heavy atom. The van der Waals surface area contributed by atoms with Gasteiger partial charge in [-0.2, -0.15) is 0 Å². The molecule has 0 atom stereocenters. The van der Waals surface area contributed by atoms with E-state index in [1.54, 1.807) is 6.20 Å². The van der Waals surface area contributed by atoms with Crippen LogP contribution in [0.3, 0.4) is 0 Å². The zero-order valence-electron chi connectivity index (χ0n) is 8.90. The number of pyridine rings is 1. The number of nitrogens with zero attached hydrogens (tertiary/aromatic N) is 2. The van der Waals surface area contributed by atoms with Crippen molar-refractivity contribution >= 4 is 27.4 Å². The zero-order valence-corrected chi connectivity index (χ0v) is 10.5. The maximum absolute atomic E-state index is 11.9. The smallest absolute Gasteiger partial charge is 0.274 e. The van der Waals surface area contributed by atoms with Gasteiger partial charge in [0.2, 0.25) is 0 Å². The van der Waals surface area contributed by atoms with Crippen molar-refractivity contribution in [2.45, 2.75) is 13.3 Å². The average molecular weight is 282 g/mol. The van der Waals surface area contributed by atoms with Gasteiger partial charge in [0.05, 0.1) is 0 Å². The first-order valence-electron chi connectivity index (χ1n) is 5.15. The Labute approximate surface area is 101 Å². The largest absolute Gasteiger partial charge is 0.369 e. The highest BCUT2D eigenvalue weighted by atomic mass is 79.9. The van der Waals surface area contributed by atoms with E-state index in [1.165, 1.54) is 4.40 Å². The van der Waals surface area contributed by atoms with Gasteiger partial charge in [-0.1, -0.05) is 13.0 Å². The first-order valence-corrected chi connectivity index (χ1v) is 5.94. The van der Waals surface area contributed by atoms with Crippen molar-refractivity contribution in [1.29, 1.82) is 0 Å². The van der Waals surface area contributed by atoms with E-state index in [0.29, 0.717) is 15.9 Å². The van der Waals surface area contributed by atoms with Crippen LogP contribution in [0.5, 0.6) is 0 Å². The van der Waals surface area contributed by atoms with Crippen molar-refractivity contribution in [2.75, 3.05) is 11.9 Å². The Hall–Kier alpha value is -1.36. The van der Waals surface area contributed by atoms with Crippen LogP contribution >= 0.6 is 15.9 Å². The Kier molecular flexibility index (Phi) is 3.24. The molecular formula is C11H12BrN3O. The fourth-order valence-corrected chi connectivity index (χ4v) is 1.85. The molecule has 5 heteroatoms. The summed E-state index contributed by atoms with van der Waals surface area (Å²) in [5.74, 6) is 0.609. The number of hydrogen-bond acceptors (Lipinski definition) is 3. The quantitative estimate of drug-likeness (QED) is 0.939. The molecule has 1 N–H and O–H groups in total. The van der Waals surface area contributed by atoms with Crippen molar-refractivity contribution in [3.63, 3.8) is 0 Å². The number of fused-ring (bicyclic) bond motifs is 1. The number of hydrogen-bond donors (Lipinski definition) is 1. The van der Waals surface area contributed by atoms with Crippen molar-refractivity contribution in [3.8, 4) is 0 Å². The molecule has 0 spiro atoms. The Morgan fingerprint density at radius 2 is 2.31 bits per heavy atom. The summed E-state index contributed by atoms with van der Waals surface area (Å²) in [6.45, 7) is 2.86. The van der Waals surface area contributed by atoms with Crippen molar-refractivity contribution < 1.29 is 0 Å². The summed E-state index contributed by atoms with van der Waals surface area (Å²) in [6.07, 6.45) is 2.70. The lowest BCUT2D eigenvalue weighted by molar-refractivity contribution is 0.954. The predicted octanol–water partition coefficient (Wildman–Crippen LogP) is 2.28. The van der Waals surface area contributed by atoms with Gasteiger partial charge in [0.1, 0.15) is 15.9 Å². The molecule has 0 bridgehead atoms. The van der Waals surface area contributed by atoms with E-state index in [2.05, 4.69) is 33.2 Å². The summed E-state index contributed by atoms with van der Waals surface area (Å²) in [4.78, 5) is 16.3. The summed E-state index contributed by atoms with van der Waals surface area (Å²) in [5, 5.41) is 3.12. The highest BCUT2D eigenvalue weighted by Gasteiger charge is 2.08. The van der Waals surface area contributed by atoms with E-state index < -0.39 is 0 Å². The normalized spacial score (nSPS) is 10.6. The van der Waals surface area contributed by atoms with Crippen LogP contribution in [-0.2, 0) is 0 Å². The molecule has 0 unspecified atom stereocenters. The summed E-state index contributed by atoms with van der Waals surface area (Å²) in [7, 11) is 0. The Balaban J connectivity index is 2.60. The second kappa shape index (κ2) is 4.65. The Bertz CT molecular complexity index is 565. The maximum atomic E-state index is 11.9. The van der Waals surface area contributed by atoms with Gasteiger partial charge in [-0.25, -0.2) is 4.98 Å². The van der Waals surface area contributed by atoms with Crippen molar-refractivity contribution in [1.82, 2.24) is 9.38 Å². The molecule has 84 valence electrons. The lowest BCUT2D eigenvalue weighted by Gasteiger charge is -2.07. The topological polar surface area (TPSA) is 46.4 Å². The van der Waals surface area contributed by atoms with Gasteiger partial charge in [-0.3, -0.25) is 9.20 Å². The van der Waals surface area contributed by atoms with Crippen LogP contribution in [-0.4, -0.2) is 15.9 Å². The van der Waals surface area contributed by atoms with Gasteiger partial charge in [0, 0.05) is 12.7 Å². The van der Waals surface area contributed by atoms with Crippen molar-refractivity contribution in [2.24, 2.45) is 0 Å². The van der Waals surface area contributed by atoms with Gasteiger partial charge in [-0.15, -0.1) is 0 Å². The molecule has 0 saturated carbocycles. The molecule has 2 rings (SSSR count). The minimum Gasteiger partial charge on any atom is -0.369 e. The van der Waals surface area contributed by atoms with Gasteiger partial charge in [0.15, 0.2) is 0 Å². The minimum atomic E-state index is -0.0933. The number of halogens is 1. The SMILES string of the molecule is CCCNc1nc2ccccn2c(=O)c1Br. The van der Waals surface area contributed by atoms with E-state index in [-0.39, 0.29) is 5.56 Å². The second-order valence-corrected chi connectivity index (χ2v) is 4.23. The number of nitrogens with one attached hydrogen (secondary N) is 1. The standard InChI is InChI=1S/C11H12BrN3O/c1-2-6-13-10-9(12)11(16)15-7-4-3-5-8(15)14-10/h3-5,7,13H,2,6H2,1H3. The molecule has 2 aromatic heterocycles. The molecular weight excluding hydrogens is 270 g/mol. The number of anilines is 1. The van der Waals surface area contributed by atoms with Gasteiger partial charge < -0.3 is 5.32 Å². The maximum Gasteiger partial charge on any atom is 0.274 e. The van der Waals surface area contributed by atoms with Crippen LogP contribution in [0.1, 0.15) is 13.3 Å². The molecule has 0 aliphatic rings. The minimum absolute atomic E-state index is 0.0933. The van der Waals surface area contributed by atoms with Crippen LogP contribution < -0.4 is 10.9 Å². The molecule has 4 nitrogen and oxygen atoms in total. The Morgan fingerprint density at radius 1 is 1.50 bits per heavy atom. The van der Waals surface area contributed by atoms with E-state index in [1.807, 2.05) is 18.2 Å². The summed E-state index contributed by atoms with van der Waals surface area (Å²) in [6, 6.07) is 5.48. The fourth-order valence-electron chi connectivity index (χ4n) is 1.43. The molecule has 0 aliphatic heterocycles. The van der Waals surface area contributed by atoms with Gasteiger partial charge in [-0.05, 0) is 34.5 Å². The second-order valence-electron chi connectivity index (χ2n) is 3.44. The van der Waals surface area contributed by atoms with E-state index in [0.717, 1.165) is 13.0 Å². The number of rotatable bonds is 3. The van der Waals surface area contributed by atoms with E-state index >= 15 is 0 Å². The molecule has 0 saturated heterocycles. The van der Waals surface area contributed by atoms with Crippen molar-refractivity contribution in [3.05, 3.63) is 39.2 Å². The molecule has 0 radical (unpaired) electrons. The molecule has 0 amide bonds. The fraction of sp³-hybridized carbons (Fsp3) is 0.273. The predicted molar refractivity (Wildman–Crippen MR) is 67.9 cm³/mol. The van der Waals surface area contributed by atoms with Crippen LogP contribution in [0.2, 0.25) is 0 Å². The zero-order chi connectivity index (χ0) is 11.5. The molecule has 0 aliphatic carbocycles. The average Bonchev–Trinajstić information content (AvgIpc) is 2.32. The third-order valence-electron chi connectivity index (χ3n) is 2.22. The molecule has 16 heavy (non-hydrogen) atoms. The van der Waals surface area contributed by atoms with Gasteiger partial charge in [0.25, 0.3) is 5.56 Å². The van der Waals surface area contributed by atoms with E-state index in [9.17, 15) is 4.79 Å². The lowest BCUT2D eigenvalue weighted by atomic mass is 10.4. The van der Waals surface area contributed by atoms with Gasteiger partial charge >= 0.3 is 0 Å². The number of aromatic nitrogens is 2. The van der Waals surface area contributed by atoms with Crippen LogP contribution in [0, 0.1) is 0 Å². The highest BCUT2D eigenvalue weighted by molar-refractivity contribution is 9.10. The van der Waals surface area contributed by atoms with Crippen LogP contribution in [0.4, 0.5) is 5.82 Å². The third-order valence-corrected chi connectivity index (χ3v) is 2.94. The van der Waals surface area contributed by atoms with E-state index in [4.69, 9.17) is 0 Å².